The summed E-state index contributed by atoms with van der Waals surface area (Å²) in [7, 11) is -2.59. The number of nitrogens with zero attached hydrogens (tertiary/aromatic N) is 2. The average molecular weight is 561 g/mol. The van der Waals surface area contributed by atoms with E-state index in [0.717, 1.165) is 11.1 Å². The van der Waals surface area contributed by atoms with E-state index in [1.54, 1.807) is 37.3 Å². The highest BCUT2D eigenvalue weighted by atomic mass is 35.5. The molecule has 0 amide bonds. The minimum absolute atomic E-state index is 0.248. The molecular formula is C28H30ClFN2O5S. The van der Waals surface area contributed by atoms with E-state index in [1.807, 2.05) is 24.3 Å². The molecule has 3 aromatic carbocycles. The number of ether oxygens (including phenoxy) is 2. The number of carbonyl (C=O) groups is 1. The van der Waals surface area contributed by atoms with Crippen molar-refractivity contribution < 1.29 is 27.1 Å². The molecule has 0 spiro atoms. The van der Waals surface area contributed by atoms with Crippen molar-refractivity contribution in [3.05, 3.63) is 99.8 Å². The summed E-state index contributed by atoms with van der Waals surface area (Å²) in [4.78, 5) is 13.5. The number of sulfonamides is 1. The van der Waals surface area contributed by atoms with E-state index >= 15 is 0 Å². The third kappa shape index (κ3) is 6.78. The number of methoxy groups -OCH3 is 1. The summed E-state index contributed by atoms with van der Waals surface area (Å²) in [5, 5.41) is 0.619. The summed E-state index contributed by atoms with van der Waals surface area (Å²) in [5.41, 5.74) is 2.99. The number of piperazine rings is 1. The standard InChI is InChI=1S/C28H30ClFN2O5S/c1-20-3-12-25(30)27(17-20)38(34,35)32-15-13-31(14-16-32)18-26(22-8-10-24(29)11-9-22)37-19-21-4-6-23(7-5-21)28(33)36-2/h3-12,17,26H,13-16,18-19H2,1-2H3/t26-/m0/s1. The molecule has 10 heteroatoms. The Hall–Kier alpha value is -2.82. The maximum Gasteiger partial charge on any atom is 0.337 e. The van der Waals surface area contributed by atoms with Crippen LogP contribution >= 0.6 is 11.6 Å². The van der Waals surface area contributed by atoms with Gasteiger partial charge < -0.3 is 9.47 Å². The number of aryl methyl sites for hydroxylation is 1. The first kappa shape index (κ1) is 28.2. The van der Waals surface area contributed by atoms with E-state index in [2.05, 4.69) is 4.90 Å². The molecule has 0 unspecified atom stereocenters. The summed E-state index contributed by atoms with van der Waals surface area (Å²) in [6, 6.07) is 18.6. The normalized spacial score (nSPS) is 15.8. The van der Waals surface area contributed by atoms with Crippen LogP contribution in [0.15, 0.2) is 71.6 Å². The zero-order valence-electron chi connectivity index (χ0n) is 21.3. The predicted octanol–water partition coefficient (Wildman–Crippen LogP) is 4.84. The van der Waals surface area contributed by atoms with E-state index < -0.39 is 21.8 Å². The monoisotopic (exact) mass is 560 g/mol. The first-order valence-electron chi connectivity index (χ1n) is 12.2. The molecule has 1 saturated heterocycles. The lowest BCUT2D eigenvalue weighted by Gasteiger charge is -2.36. The van der Waals surface area contributed by atoms with Crippen LogP contribution < -0.4 is 0 Å². The molecule has 3 aromatic rings. The minimum atomic E-state index is -3.93. The molecular weight excluding hydrogens is 531 g/mol. The van der Waals surface area contributed by atoms with E-state index in [-0.39, 0.29) is 24.1 Å². The first-order valence-corrected chi connectivity index (χ1v) is 14.0. The van der Waals surface area contributed by atoms with Crippen LogP contribution in [0.2, 0.25) is 5.02 Å². The summed E-state index contributed by atoms with van der Waals surface area (Å²) < 4.78 is 52.9. The molecule has 4 rings (SSSR count). The smallest absolute Gasteiger partial charge is 0.337 e. The molecule has 0 N–H and O–H groups in total. The fourth-order valence-corrected chi connectivity index (χ4v) is 6.02. The van der Waals surface area contributed by atoms with Crippen LogP contribution in [0.4, 0.5) is 4.39 Å². The number of carbonyl (C=O) groups excluding carboxylic acids is 1. The molecule has 7 nitrogen and oxygen atoms in total. The topological polar surface area (TPSA) is 76.2 Å². The summed E-state index contributed by atoms with van der Waals surface area (Å²) in [5.74, 6) is -1.14. The quantitative estimate of drug-likeness (QED) is 0.349. The molecule has 0 aliphatic carbocycles. The van der Waals surface area contributed by atoms with Crippen LogP contribution in [0.3, 0.4) is 0 Å². The van der Waals surface area contributed by atoms with Crippen LogP contribution in [-0.4, -0.2) is 63.4 Å². The number of hydrogen-bond donors (Lipinski definition) is 0. The summed E-state index contributed by atoms with van der Waals surface area (Å²) in [6.07, 6.45) is -0.301. The van der Waals surface area contributed by atoms with Crippen molar-refractivity contribution in [2.45, 2.75) is 24.5 Å². The third-order valence-electron chi connectivity index (χ3n) is 6.53. The van der Waals surface area contributed by atoms with Gasteiger partial charge >= 0.3 is 5.97 Å². The van der Waals surface area contributed by atoms with Gasteiger partial charge in [0.2, 0.25) is 10.0 Å². The van der Waals surface area contributed by atoms with Gasteiger partial charge in [0.15, 0.2) is 0 Å². The molecule has 0 radical (unpaired) electrons. The van der Waals surface area contributed by atoms with Crippen LogP contribution in [-0.2, 0) is 26.1 Å². The van der Waals surface area contributed by atoms with E-state index in [0.29, 0.717) is 42.4 Å². The zero-order chi connectivity index (χ0) is 27.3. The predicted molar refractivity (Wildman–Crippen MR) is 143 cm³/mol. The highest BCUT2D eigenvalue weighted by Crippen LogP contribution is 2.26. The third-order valence-corrected chi connectivity index (χ3v) is 8.69. The number of halogens is 2. The maximum atomic E-state index is 14.3. The van der Waals surface area contributed by atoms with Crippen molar-refractivity contribution in [1.82, 2.24) is 9.21 Å². The van der Waals surface area contributed by atoms with Gasteiger partial charge in [0.25, 0.3) is 0 Å². The van der Waals surface area contributed by atoms with Crippen molar-refractivity contribution in [1.29, 1.82) is 0 Å². The van der Waals surface area contributed by atoms with Gasteiger partial charge in [-0.15, -0.1) is 0 Å². The van der Waals surface area contributed by atoms with Gasteiger partial charge in [0.1, 0.15) is 10.7 Å². The number of benzene rings is 3. The Morgan fingerprint density at radius 2 is 1.66 bits per heavy atom. The Balaban J connectivity index is 1.42. The van der Waals surface area contributed by atoms with E-state index in [9.17, 15) is 17.6 Å². The largest absolute Gasteiger partial charge is 0.465 e. The average Bonchev–Trinajstić information content (AvgIpc) is 2.93. The van der Waals surface area contributed by atoms with Gasteiger partial charge in [-0.2, -0.15) is 4.31 Å². The van der Waals surface area contributed by atoms with Gasteiger partial charge in [0.05, 0.1) is 25.4 Å². The second-order valence-corrected chi connectivity index (χ2v) is 11.5. The van der Waals surface area contributed by atoms with Crippen molar-refractivity contribution in [3.63, 3.8) is 0 Å². The highest BCUT2D eigenvalue weighted by molar-refractivity contribution is 7.89. The lowest BCUT2D eigenvalue weighted by molar-refractivity contribution is 0.00770. The Morgan fingerprint density at radius 3 is 2.29 bits per heavy atom. The fraction of sp³-hybridized carbons (Fsp3) is 0.321. The first-order chi connectivity index (χ1) is 18.2. The molecule has 0 bridgehead atoms. The number of rotatable bonds is 9. The second-order valence-electron chi connectivity index (χ2n) is 9.18. The zero-order valence-corrected chi connectivity index (χ0v) is 22.8. The molecule has 1 heterocycles. The fourth-order valence-electron chi connectivity index (χ4n) is 4.32. The van der Waals surface area contributed by atoms with Gasteiger partial charge in [0, 0.05) is 37.7 Å². The summed E-state index contributed by atoms with van der Waals surface area (Å²) >= 11 is 6.09. The molecule has 1 aliphatic rings. The van der Waals surface area contributed by atoms with Crippen LogP contribution in [0, 0.1) is 12.7 Å². The molecule has 202 valence electrons. The van der Waals surface area contributed by atoms with Gasteiger partial charge in [-0.1, -0.05) is 41.9 Å². The Labute approximate surface area is 227 Å². The molecule has 0 aromatic heterocycles. The Bertz CT molecular complexity index is 1360. The molecule has 1 fully saturated rings. The van der Waals surface area contributed by atoms with Crippen molar-refractivity contribution >= 4 is 27.6 Å². The van der Waals surface area contributed by atoms with Crippen molar-refractivity contribution in [2.75, 3.05) is 39.8 Å². The van der Waals surface area contributed by atoms with Gasteiger partial charge in [-0.25, -0.2) is 17.6 Å². The van der Waals surface area contributed by atoms with E-state index in [4.69, 9.17) is 21.1 Å². The maximum absolute atomic E-state index is 14.3. The number of esters is 1. The van der Waals surface area contributed by atoms with Crippen LogP contribution in [0.25, 0.3) is 0 Å². The highest BCUT2D eigenvalue weighted by Gasteiger charge is 2.31. The molecule has 0 saturated carbocycles. The lowest BCUT2D eigenvalue weighted by atomic mass is 10.1. The Kier molecular flexibility index (Phi) is 9.17. The van der Waals surface area contributed by atoms with Crippen LogP contribution in [0.1, 0.15) is 33.2 Å². The van der Waals surface area contributed by atoms with E-state index in [1.165, 1.54) is 23.5 Å². The second kappa shape index (κ2) is 12.4. The number of hydrogen-bond acceptors (Lipinski definition) is 6. The Morgan fingerprint density at radius 1 is 1.00 bits per heavy atom. The minimum Gasteiger partial charge on any atom is -0.465 e. The van der Waals surface area contributed by atoms with Gasteiger partial charge in [-0.05, 0) is 60.0 Å². The molecule has 1 atom stereocenters. The van der Waals surface area contributed by atoms with Gasteiger partial charge in [-0.3, -0.25) is 4.90 Å². The van der Waals surface area contributed by atoms with Crippen LogP contribution in [0.5, 0.6) is 0 Å². The molecule has 1 aliphatic heterocycles. The van der Waals surface area contributed by atoms with Crippen molar-refractivity contribution in [3.8, 4) is 0 Å². The van der Waals surface area contributed by atoms with Crippen molar-refractivity contribution in [2.24, 2.45) is 0 Å². The summed E-state index contributed by atoms with van der Waals surface area (Å²) in [6.45, 7) is 4.04. The lowest BCUT2D eigenvalue weighted by Crippen LogP contribution is -2.49. The molecule has 38 heavy (non-hydrogen) atoms. The SMILES string of the molecule is COC(=O)c1ccc(CO[C@@H](CN2CCN(S(=O)(=O)c3cc(C)ccc3F)CC2)c2ccc(Cl)cc2)cc1.